The Morgan fingerprint density at radius 2 is 0.650 bits per heavy atom. The summed E-state index contributed by atoms with van der Waals surface area (Å²) in [5.74, 6) is -1.05. The number of methoxy groups -OCH3 is 4. The quantitative estimate of drug-likeness (QED) is 0.182. The molecule has 0 aliphatic rings. The van der Waals surface area contributed by atoms with Crippen molar-refractivity contribution in [1.29, 1.82) is 0 Å². The summed E-state index contributed by atoms with van der Waals surface area (Å²) in [5, 5.41) is 0. The maximum absolute atomic E-state index is 12.8. The Bertz CT molecular complexity index is 1460. The van der Waals surface area contributed by atoms with Crippen molar-refractivity contribution in [2.75, 3.05) is 28.4 Å². The maximum atomic E-state index is 12.8. The number of ether oxygens (including phenoxy) is 4. The van der Waals surface area contributed by atoms with Crippen LogP contribution in [0.3, 0.4) is 0 Å². The molecule has 202 valence electrons. The van der Waals surface area contributed by atoms with E-state index in [9.17, 15) is 19.2 Å². The lowest BCUT2D eigenvalue weighted by molar-refractivity contribution is 0.0816. The van der Waals surface area contributed by atoms with Crippen molar-refractivity contribution in [3.8, 4) is 34.1 Å². The lowest BCUT2D eigenvalue weighted by Gasteiger charge is -2.09. The van der Waals surface area contributed by atoms with Crippen LogP contribution in [0, 0.1) is 0 Å². The molecule has 0 saturated heterocycles. The van der Waals surface area contributed by atoms with E-state index in [4.69, 9.17) is 18.9 Å². The second kappa shape index (κ2) is 12.1. The van der Waals surface area contributed by atoms with E-state index >= 15 is 0 Å². The molecule has 4 rings (SSSR count). The highest BCUT2D eigenvalue weighted by atomic mass is 16.5. The molecule has 0 aromatic heterocycles. The number of hydrogen-bond acceptors (Lipinski definition) is 8. The van der Waals surface area contributed by atoms with Gasteiger partial charge in [0.15, 0.2) is 23.0 Å². The van der Waals surface area contributed by atoms with Crippen LogP contribution in [0.25, 0.3) is 11.1 Å². The predicted octanol–water partition coefficient (Wildman–Crippen LogP) is 5.52. The number of ketones is 4. The smallest absolute Gasteiger partial charge is 0.233 e. The maximum Gasteiger partial charge on any atom is 0.233 e. The number of Topliss-reactive ketones (excluding diaryl/α,β-unsaturated/α-hetero) is 4. The minimum absolute atomic E-state index is 0.189. The van der Waals surface area contributed by atoms with Crippen molar-refractivity contribution in [3.63, 3.8) is 0 Å². The van der Waals surface area contributed by atoms with E-state index in [2.05, 4.69) is 0 Å². The molecule has 0 heterocycles. The van der Waals surface area contributed by atoms with Gasteiger partial charge in [0, 0.05) is 22.3 Å². The topological polar surface area (TPSA) is 105 Å². The summed E-state index contributed by atoms with van der Waals surface area (Å²) in [6.45, 7) is 0. The summed E-state index contributed by atoms with van der Waals surface area (Å²) in [6.07, 6.45) is 0. The summed E-state index contributed by atoms with van der Waals surface area (Å²) in [7, 11) is 5.87. The molecule has 8 heteroatoms. The number of carbonyl (C=O) groups is 4. The zero-order chi connectivity index (χ0) is 28.8. The zero-order valence-corrected chi connectivity index (χ0v) is 22.3. The van der Waals surface area contributed by atoms with E-state index < -0.39 is 23.1 Å². The molecular formula is C32H26O8. The minimum Gasteiger partial charge on any atom is -0.493 e. The first-order chi connectivity index (χ1) is 19.3. The third-order valence-corrected chi connectivity index (χ3v) is 6.33. The third-order valence-electron chi connectivity index (χ3n) is 6.33. The molecule has 0 saturated carbocycles. The highest BCUT2D eigenvalue weighted by Gasteiger charge is 2.22. The van der Waals surface area contributed by atoms with Gasteiger partial charge in [-0.15, -0.1) is 0 Å². The fraction of sp³-hybridized carbons (Fsp3) is 0.125. The van der Waals surface area contributed by atoms with Gasteiger partial charge in [-0.05, 0) is 47.5 Å². The molecule has 0 fully saturated rings. The van der Waals surface area contributed by atoms with Gasteiger partial charge in [0.05, 0.1) is 28.4 Å². The lowest BCUT2D eigenvalue weighted by Crippen LogP contribution is -2.15. The Kier molecular flexibility index (Phi) is 8.39. The predicted molar refractivity (Wildman–Crippen MR) is 148 cm³/mol. The van der Waals surface area contributed by atoms with E-state index in [1.54, 1.807) is 60.7 Å². The second-order valence-corrected chi connectivity index (χ2v) is 8.61. The number of carbonyl (C=O) groups excluding carboxylic acids is 4. The molecule has 0 aliphatic heterocycles. The molecule has 8 nitrogen and oxygen atoms in total. The van der Waals surface area contributed by atoms with Gasteiger partial charge >= 0.3 is 0 Å². The average Bonchev–Trinajstić information content (AvgIpc) is 3.02. The third kappa shape index (κ3) is 5.61. The van der Waals surface area contributed by atoms with Gasteiger partial charge < -0.3 is 18.9 Å². The van der Waals surface area contributed by atoms with E-state index in [-0.39, 0.29) is 22.3 Å². The summed E-state index contributed by atoms with van der Waals surface area (Å²) < 4.78 is 20.8. The molecule has 0 unspecified atom stereocenters. The Morgan fingerprint density at radius 3 is 0.950 bits per heavy atom. The molecule has 4 aromatic carbocycles. The van der Waals surface area contributed by atoms with Gasteiger partial charge in [-0.3, -0.25) is 19.2 Å². The molecule has 0 bridgehead atoms. The lowest BCUT2D eigenvalue weighted by atomic mass is 9.96. The van der Waals surface area contributed by atoms with Crippen molar-refractivity contribution in [2.45, 2.75) is 0 Å². The summed E-state index contributed by atoms with van der Waals surface area (Å²) in [5.41, 5.74) is 2.37. The van der Waals surface area contributed by atoms with Crippen molar-refractivity contribution in [3.05, 3.63) is 107 Å². The van der Waals surface area contributed by atoms with Crippen LogP contribution in [0.1, 0.15) is 41.4 Å². The standard InChI is InChI=1S/C32H26O8/c1-37-25-15-13-23(17-27(25)39-3)31(35)29(33)21-9-5-19(6-10-21)20-7-11-22(12-8-20)30(34)32(36)24-14-16-26(38-2)28(18-24)40-4/h5-18H,1-4H3. The normalized spacial score (nSPS) is 10.4. The Labute approximate surface area is 231 Å². The van der Waals surface area contributed by atoms with E-state index in [1.807, 2.05) is 0 Å². The van der Waals surface area contributed by atoms with Crippen LogP contribution in [-0.2, 0) is 0 Å². The number of rotatable bonds is 11. The molecule has 0 atom stereocenters. The van der Waals surface area contributed by atoms with Gasteiger partial charge in [-0.1, -0.05) is 48.5 Å². The minimum atomic E-state index is -0.671. The SMILES string of the molecule is COc1ccc(C(=O)C(=O)c2ccc(-c3ccc(C(=O)C(=O)c4ccc(OC)c(OC)c4)cc3)cc2)cc1OC. The average molecular weight is 539 g/mol. The first kappa shape index (κ1) is 27.8. The van der Waals surface area contributed by atoms with Crippen LogP contribution in [0.2, 0.25) is 0 Å². The van der Waals surface area contributed by atoms with Crippen LogP contribution >= 0.6 is 0 Å². The monoisotopic (exact) mass is 538 g/mol. The molecule has 0 N–H and O–H groups in total. The van der Waals surface area contributed by atoms with E-state index in [0.717, 1.165) is 11.1 Å². The Hall–Kier alpha value is -5.24. The number of hydrogen-bond donors (Lipinski definition) is 0. The fourth-order valence-corrected chi connectivity index (χ4v) is 4.11. The van der Waals surface area contributed by atoms with Crippen LogP contribution in [-0.4, -0.2) is 51.6 Å². The van der Waals surface area contributed by atoms with Gasteiger partial charge in [0.2, 0.25) is 23.1 Å². The van der Waals surface area contributed by atoms with Gasteiger partial charge in [0.1, 0.15) is 0 Å². The van der Waals surface area contributed by atoms with Crippen LogP contribution in [0.15, 0.2) is 84.9 Å². The molecule has 0 spiro atoms. The highest BCUT2D eigenvalue weighted by Crippen LogP contribution is 2.29. The molecule has 0 radical (unpaired) electrons. The number of benzene rings is 4. The van der Waals surface area contributed by atoms with Crippen LogP contribution in [0.5, 0.6) is 23.0 Å². The first-order valence-electron chi connectivity index (χ1n) is 12.1. The molecule has 40 heavy (non-hydrogen) atoms. The van der Waals surface area contributed by atoms with Crippen LogP contribution < -0.4 is 18.9 Å². The molecule has 0 amide bonds. The van der Waals surface area contributed by atoms with Gasteiger partial charge in [-0.2, -0.15) is 0 Å². The molecule has 4 aromatic rings. The summed E-state index contributed by atoms with van der Waals surface area (Å²) in [6, 6.07) is 22.2. The highest BCUT2D eigenvalue weighted by molar-refractivity contribution is 6.49. The first-order valence-corrected chi connectivity index (χ1v) is 12.1. The summed E-state index contributed by atoms with van der Waals surface area (Å²) in [4.78, 5) is 51.2. The summed E-state index contributed by atoms with van der Waals surface area (Å²) >= 11 is 0. The van der Waals surface area contributed by atoms with Crippen molar-refractivity contribution in [1.82, 2.24) is 0 Å². The van der Waals surface area contributed by atoms with E-state index in [1.165, 1.54) is 52.7 Å². The molecular weight excluding hydrogens is 512 g/mol. The zero-order valence-electron chi connectivity index (χ0n) is 22.3. The Morgan fingerprint density at radius 1 is 0.375 bits per heavy atom. The van der Waals surface area contributed by atoms with Crippen LogP contribution in [0.4, 0.5) is 0 Å². The van der Waals surface area contributed by atoms with Gasteiger partial charge in [-0.25, -0.2) is 0 Å². The fourth-order valence-electron chi connectivity index (χ4n) is 4.11. The largest absolute Gasteiger partial charge is 0.493 e. The van der Waals surface area contributed by atoms with E-state index in [0.29, 0.717) is 23.0 Å². The second-order valence-electron chi connectivity index (χ2n) is 8.61. The molecule has 0 aliphatic carbocycles. The Balaban J connectivity index is 1.48. The van der Waals surface area contributed by atoms with Crippen molar-refractivity contribution < 1.29 is 38.1 Å². The van der Waals surface area contributed by atoms with Crippen molar-refractivity contribution >= 4 is 23.1 Å². The van der Waals surface area contributed by atoms with Gasteiger partial charge in [0.25, 0.3) is 0 Å². The van der Waals surface area contributed by atoms with Crippen molar-refractivity contribution in [2.24, 2.45) is 0 Å².